The number of phenolic OH excluding ortho intramolecular Hbond substituents is 2. The highest BCUT2D eigenvalue weighted by molar-refractivity contribution is 6.15. The normalized spacial score (nSPS) is 17.9. The van der Waals surface area contributed by atoms with Crippen LogP contribution in [0.25, 0.3) is 6.08 Å². The van der Waals surface area contributed by atoms with Gasteiger partial charge >= 0.3 is 0 Å². The van der Waals surface area contributed by atoms with Crippen LogP contribution in [-0.2, 0) is 9.59 Å². The quantitative estimate of drug-likeness (QED) is 0.475. The summed E-state index contributed by atoms with van der Waals surface area (Å²) in [5.41, 5.74) is 0.684. The van der Waals surface area contributed by atoms with E-state index >= 15 is 0 Å². The minimum absolute atomic E-state index is 0.0130. The Kier molecular flexibility index (Phi) is 2.36. The van der Waals surface area contributed by atoms with E-state index < -0.39 is 5.91 Å². The molecular formula is C11H9NO4. The lowest BCUT2D eigenvalue weighted by Crippen LogP contribution is -2.19. The summed E-state index contributed by atoms with van der Waals surface area (Å²) >= 11 is 0. The van der Waals surface area contributed by atoms with Crippen LogP contribution in [0.3, 0.4) is 0 Å². The third-order valence-corrected chi connectivity index (χ3v) is 2.24. The maximum atomic E-state index is 11.2. The Balaban J connectivity index is 2.36. The summed E-state index contributed by atoms with van der Waals surface area (Å²) in [5.74, 6) is -1.00. The number of aromatic hydroxyl groups is 2. The summed E-state index contributed by atoms with van der Waals surface area (Å²) in [5, 5.41) is 20.7. The van der Waals surface area contributed by atoms with Crippen molar-refractivity contribution in [2.45, 2.75) is 6.42 Å². The van der Waals surface area contributed by atoms with Crippen molar-refractivity contribution in [1.29, 1.82) is 0 Å². The fraction of sp³-hybridized carbons (Fsp3) is 0.0909. The van der Waals surface area contributed by atoms with Crippen LogP contribution in [0.1, 0.15) is 12.0 Å². The van der Waals surface area contributed by atoms with Crippen molar-refractivity contribution in [1.82, 2.24) is 5.32 Å². The van der Waals surface area contributed by atoms with Gasteiger partial charge in [-0.15, -0.1) is 0 Å². The van der Waals surface area contributed by atoms with E-state index in [-0.39, 0.29) is 23.8 Å². The molecule has 1 fully saturated rings. The number of imide groups is 1. The fourth-order valence-corrected chi connectivity index (χ4v) is 1.46. The van der Waals surface area contributed by atoms with Gasteiger partial charge in [-0.3, -0.25) is 14.9 Å². The lowest BCUT2D eigenvalue weighted by Gasteiger charge is -2.00. The van der Waals surface area contributed by atoms with Crippen LogP contribution in [0.15, 0.2) is 23.8 Å². The molecule has 1 saturated heterocycles. The Labute approximate surface area is 91.0 Å². The molecule has 1 aromatic carbocycles. The van der Waals surface area contributed by atoms with E-state index in [1.165, 1.54) is 24.3 Å². The van der Waals surface area contributed by atoms with Crippen molar-refractivity contribution >= 4 is 17.9 Å². The summed E-state index contributed by atoms with van der Waals surface area (Å²) in [4.78, 5) is 22.2. The molecule has 1 aromatic rings. The number of phenols is 2. The molecule has 0 spiro atoms. The summed E-state index contributed by atoms with van der Waals surface area (Å²) in [6.07, 6.45) is 1.44. The highest BCUT2D eigenvalue weighted by Gasteiger charge is 2.23. The second-order valence-electron chi connectivity index (χ2n) is 3.47. The zero-order valence-corrected chi connectivity index (χ0v) is 8.23. The van der Waals surface area contributed by atoms with Gasteiger partial charge in [-0.2, -0.15) is 0 Å². The summed E-state index contributed by atoms with van der Waals surface area (Å²) in [6.45, 7) is 0. The number of hydrogen-bond donors (Lipinski definition) is 3. The SMILES string of the molecule is O=C1CC(=Cc2ccc(O)cc2O)C(=O)N1. The molecule has 16 heavy (non-hydrogen) atoms. The lowest BCUT2D eigenvalue weighted by atomic mass is 10.1. The van der Waals surface area contributed by atoms with Crippen LogP contribution in [0.4, 0.5) is 0 Å². The second kappa shape index (κ2) is 3.69. The second-order valence-corrected chi connectivity index (χ2v) is 3.47. The molecule has 0 unspecified atom stereocenters. The molecule has 5 nitrogen and oxygen atoms in total. The molecule has 0 atom stereocenters. The number of rotatable bonds is 1. The smallest absolute Gasteiger partial charge is 0.254 e. The Morgan fingerprint density at radius 3 is 2.56 bits per heavy atom. The summed E-state index contributed by atoms with van der Waals surface area (Å²) in [7, 11) is 0. The van der Waals surface area contributed by atoms with Crippen LogP contribution < -0.4 is 5.32 Å². The zero-order chi connectivity index (χ0) is 11.7. The lowest BCUT2D eigenvalue weighted by molar-refractivity contribution is -0.124. The standard InChI is InChI=1S/C11H9NO4/c13-8-2-1-6(9(14)5-8)3-7-4-10(15)12-11(7)16/h1-3,5,13-14H,4H2,(H,12,15,16). The van der Waals surface area contributed by atoms with Crippen LogP contribution >= 0.6 is 0 Å². The topological polar surface area (TPSA) is 86.6 Å². The molecular weight excluding hydrogens is 210 g/mol. The molecule has 1 aliphatic rings. The predicted molar refractivity (Wildman–Crippen MR) is 55.5 cm³/mol. The zero-order valence-electron chi connectivity index (χ0n) is 8.23. The van der Waals surface area contributed by atoms with Gasteiger partial charge in [0, 0.05) is 17.2 Å². The fourth-order valence-electron chi connectivity index (χ4n) is 1.46. The predicted octanol–water partition coefficient (Wildman–Crippen LogP) is 0.528. The highest BCUT2D eigenvalue weighted by atomic mass is 16.3. The van der Waals surface area contributed by atoms with E-state index in [1.54, 1.807) is 0 Å². The number of hydrogen-bond acceptors (Lipinski definition) is 4. The van der Waals surface area contributed by atoms with Gasteiger partial charge in [0.05, 0.1) is 6.42 Å². The van der Waals surface area contributed by atoms with Gasteiger partial charge in [0.1, 0.15) is 11.5 Å². The van der Waals surface area contributed by atoms with Crippen molar-refractivity contribution in [2.24, 2.45) is 0 Å². The van der Waals surface area contributed by atoms with Gasteiger partial charge in [-0.25, -0.2) is 0 Å². The van der Waals surface area contributed by atoms with E-state index in [9.17, 15) is 14.7 Å². The Morgan fingerprint density at radius 2 is 2.00 bits per heavy atom. The van der Waals surface area contributed by atoms with Crippen LogP contribution in [0, 0.1) is 0 Å². The molecule has 0 radical (unpaired) electrons. The molecule has 0 bridgehead atoms. The average molecular weight is 219 g/mol. The van der Waals surface area contributed by atoms with Gasteiger partial charge in [0.2, 0.25) is 5.91 Å². The number of benzene rings is 1. The molecule has 82 valence electrons. The van der Waals surface area contributed by atoms with E-state index in [0.717, 1.165) is 0 Å². The van der Waals surface area contributed by atoms with E-state index in [4.69, 9.17) is 5.11 Å². The Bertz CT molecular complexity index is 505. The minimum Gasteiger partial charge on any atom is -0.508 e. The first-order chi connectivity index (χ1) is 7.56. The maximum absolute atomic E-state index is 11.2. The van der Waals surface area contributed by atoms with Gasteiger partial charge < -0.3 is 10.2 Å². The monoisotopic (exact) mass is 219 g/mol. The number of amides is 2. The number of carbonyl (C=O) groups excluding carboxylic acids is 2. The van der Waals surface area contributed by atoms with Crippen LogP contribution in [0.5, 0.6) is 11.5 Å². The first-order valence-electron chi connectivity index (χ1n) is 4.63. The molecule has 5 heteroatoms. The average Bonchev–Trinajstić information content (AvgIpc) is 2.50. The number of nitrogens with one attached hydrogen (secondary N) is 1. The molecule has 0 aromatic heterocycles. The van der Waals surface area contributed by atoms with Gasteiger partial charge in [0.15, 0.2) is 0 Å². The van der Waals surface area contributed by atoms with E-state index in [2.05, 4.69) is 5.32 Å². The van der Waals surface area contributed by atoms with E-state index in [1.807, 2.05) is 0 Å². The summed E-state index contributed by atoms with van der Waals surface area (Å²) < 4.78 is 0. The molecule has 1 aliphatic heterocycles. The van der Waals surface area contributed by atoms with Crippen molar-refractivity contribution in [3.05, 3.63) is 29.3 Å². The van der Waals surface area contributed by atoms with Crippen molar-refractivity contribution in [3.63, 3.8) is 0 Å². The summed E-state index contributed by atoms with van der Waals surface area (Å²) in [6, 6.07) is 4.02. The van der Waals surface area contributed by atoms with Crippen molar-refractivity contribution < 1.29 is 19.8 Å². The maximum Gasteiger partial charge on any atom is 0.254 e. The Hall–Kier alpha value is -2.30. The third-order valence-electron chi connectivity index (χ3n) is 2.24. The van der Waals surface area contributed by atoms with Gasteiger partial charge in [0.25, 0.3) is 5.91 Å². The molecule has 2 amide bonds. The van der Waals surface area contributed by atoms with Crippen LogP contribution in [-0.4, -0.2) is 22.0 Å². The molecule has 3 N–H and O–H groups in total. The van der Waals surface area contributed by atoms with Crippen LogP contribution in [0.2, 0.25) is 0 Å². The molecule has 1 heterocycles. The Morgan fingerprint density at radius 1 is 1.25 bits per heavy atom. The largest absolute Gasteiger partial charge is 0.508 e. The van der Waals surface area contributed by atoms with Gasteiger partial charge in [-0.05, 0) is 18.2 Å². The first kappa shape index (κ1) is 10.2. The molecule has 2 rings (SSSR count). The minimum atomic E-state index is -0.447. The molecule has 0 saturated carbocycles. The van der Waals surface area contributed by atoms with Crippen molar-refractivity contribution in [2.75, 3.05) is 0 Å². The number of carbonyl (C=O) groups is 2. The first-order valence-corrected chi connectivity index (χ1v) is 4.63. The molecule has 0 aliphatic carbocycles. The van der Waals surface area contributed by atoms with Gasteiger partial charge in [-0.1, -0.05) is 0 Å². The highest BCUT2D eigenvalue weighted by Crippen LogP contribution is 2.26. The third kappa shape index (κ3) is 1.88. The van der Waals surface area contributed by atoms with E-state index in [0.29, 0.717) is 11.1 Å². The van der Waals surface area contributed by atoms with Crippen molar-refractivity contribution in [3.8, 4) is 11.5 Å².